The van der Waals surface area contributed by atoms with Crippen LogP contribution in [-0.2, 0) is 9.53 Å². The summed E-state index contributed by atoms with van der Waals surface area (Å²) in [6.07, 6.45) is 16.7. The highest BCUT2D eigenvalue weighted by Gasteiger charge is 2.11. The van der Waals surface area contributed by atoms with E-state index in [0.717, 1.165) is 19.3 Å². The van der Waals surface area contributed by atoms with Gasteiger partial charge in [-0.15, -0.1) is 0 Å². The van der Waals surface area contributed by atoms with Crippen molar-refractivity contribution in [2.45, 2.75) is 70.2 Å². The van der Waals surface area contributed by atoms with Crippen molar-refractivity contribution in [3.8, 4) is 0 Å². The zero-order valence-corrected chi connectivity index (χ0v) is 16.0. The number of esters is 1. The van der Waals surface area contributed by atoms with Crippen molar-refractivity contribution in [3.05, 3.63) is 48.6 Å². The summed E-state index contributed by atoms with van der Waals surface area (Å²) in [6, 6.07) is 0. The molecular formula is C21H34O5. The minimum atomic E-state index is -0.847. The minimum Gasteiger partial charge on any atom is -0.469 e. The maximum absolute atomic E-state index is 10.9. The Hall–Kier alpha value is -1.69. The van der Waals surface area contributed by atoms with E-state index in [4.69, 9.17) is 0 Å². The number of methoxy groups -OCH3 is 1. The molecule has 0 radical (unpaired) electrons. The molecule has 0 aromatic rings. The predicted molar refractivity (Wildman–Crippen MR) is 105 cm³/mol. The van der Waals surface area contributed by atoms with Gasteiger partial charge in [-0.25, -0.2) is 0 Å². The fraction of sp³-hybridized carbons (Fsp3) is 0.571. The van der Waals surface area contributed by atoms with Crippen molar-refractivity contribution in [2.75, 3.05) is 7.11 Å². The molecule has 0 bridgehead atoms. The fourth-order valence-corrected chi connectivity index (χ4v) is 2.18. The third kappa shape index (κ3) is 14.6. The number of ether oxygens (including phenoxy) is 1. The standard InChI is InChI=1S/C21H34O5/c1-3-4-9-15-19(23)20(24)16-11-8-6-5-7-10-13-18(22)14-12-17-21(25)26-2/h5-8,10-11,13,16,18-20,22-24H,3-4,9,12,14-15,17H2,1-2H3/t18-,19+,20-/m1/s1. The van der Waals surface area contributed by atoms with Crippen molar-refractivity contribution >= 4 is 5.97 Å². The maximum atomic E-state index is 10.9. The Labute approximate surface area is 157 Å². The quantitative estimate of drug-likeness (QED) is 0.250. The summed E-state index contributed by atoms with van der Waals surface area (Å²) in [5.74, 6) is -0.266. The largest absolute Gasteiger partial charge is 0.469 e. The Kier molecular flexibility index (Phi) is 15.7. The van der Waals surface area contributed by atoms with Gasteiger partial charge in [0.1, 0.15) is 0 Å². The summed E-state index contributed by atoms with van der Waals surface area (Å²) in [6.45, 7) is 2.10. The molecule has 0 saturated carbocycles. The van der Waals surface area contributed by atoms with Crippen LogP contribution in [0, 0.1) is 0 Å². The van der Waals surface area contributed by atoms with Crippen LogP contribution in [0.4, 0.5) is 0 Å². The molecule has 0 saturated heterocycles. The van der Waals surface area contributed by atoms with E-state index in [9.17, 15) is 20.1 Å². The van der Waals surface area contributed by atoms with E-state index < -0.39 is 18.3 Å². The predicted octanol–water partition coefficient (Wildman–Crippen LogP) is 3.22. The molecule has 0 aromatic heterocycles. The van der Waals surface area contributed by atoms with Crippen LogP contribution in [0.1, 0.15) is 51.9 Å². The van der Waals surface area contributed by atoms with Gasteiger partial charge in [-0.05, 0) is 19.3 Å². The molecule has 26 heavy (non-hydrogen) atoms. The average molecular weight is 366 g/mol. The fourth-order valence-electron chi connectivity index (χ4n) is 2.18. The van der Waals surface area contributed by atoms with Crippen molar-refractivity contribution in [1.82, 2.24) is 0 Å². The minimum absolute atomic E-state index is 0.266. The van der Waals surface area contributed by atoms with Gasteiger partial charge in [0.25, 0.3) is 0 Å². The third-order valence-electron chi connectivity index (χ3n) is 3.80. The highest BCUT2D eigenvalue weighted by atomic mass is 16.5. The van der Waals surface area contributed by atoms with Gasteiger partial charge in [0, 0.05) is 6.42 Å². The van der Waals surface area contributed by atoms with Crippen molar-refractivity contribution in [2.24, 2.45) is 0 Å². The normalized spacial score (nSPS) is 16.0. The number of aliphatic hydroxyl groups is 3. The van der Waals surface area contributed by atoms with Crippen LogP contribution in [0.2, 0.25) is 0 Å². The average Bonchev–Trinajstić information content (AvgIpc) is 2.63. The molecule has 0 amide bonds. The molecule has 0 aromatic carbocycles. The monoisotopic (exact) mass is 366 g/mol. The number of aliphatic hydroxyl groups excluding tert-OH is 3. The number of allylic oxidation sites excluding steroid dienone is 6. The lowest BCUT2D eigenvalue weighted by molar-refractivity contribution is -0.140. The second-order valence-electron chi connectivity index (χ2n) is 6.13. The zero-order chi connectivity index (χ0) is 19.6. The molecule has 3 atom stereocenters. The summed E-state index contributed by atoms with van der Waals surface area (Å²) >= 11 is 0. The highest BCUT2D eigenvalue weighted by molar-refractivity contribution is 5.68. The number of carbonyl (C=O) groups excluding carboxylic acids is 1. The van der Waals surface area contributed by atoms with Crippen LogP contribution in [0.5, 0.6) is 0 Å². The van der Waals surface area contributed by atoms with E-state index in [0.29, 0.717) is 25.7 Å². The van der Waals surface area contributed by atoms with Gasteiger partial charge in [0.2, 0.25) is 0 Å². The maximum Gasteiger partial charge on any atom is 0.305 e. The van der Waals surface area contributed by atoms with Crippen LogP contribution in [0.15, 0.2) is 48.6 Å². The number of hydrogen-bond donors (Lipinski definition) is 3. The van der Waals surface area contributed by atoms with Gasteiger partial charge >= 0.3 is 5.97 Å². The number of carbonyl (C=O) groups is 1. The number of rotatable bonds is 14. The lowest BCUT2D eigenvalue weighted by Crippen LogP contribution is -2.23. The van der Waals surface area contributed by atoms with E-state index in [1.165, 1.54) is 7.11 Å². The number of unbranched alkanes of at least 4 members (excludes halogenated alkanes) is 2. The molecule has 5 nitrogen and oxygen atoms in total. The van der Waals surface area contributed by atoms with E-state index in [1.807, 2.05) is 0 Å². The summed E-state index contributed by atoms with van der Waals surface area (Å²) in [5.41, 5.74) is 0. The molecule has 0 rings (SSSR count). The molecule has 148 valence electrons. The summed E-state index contributed by atoms with van der Waals surface area (Å²) in [4.78, 5) is 10.9. The van der Waals surface area contributed by atoms with Gasteiger partial charge in [-0.1, -0.05) is 74.8 Å². The van der Waals surface area contributed by atoms with Crippen LogP contribution >= 0.6 is 0 Å². The third-order valence-corrected chi connectivity index (χ3v) is 3.80. The van der Waals surface area contributed by atoms with E-state index in [-0.39, 0.29) is 5.97 Å². The Morgan fingerprint density at radius 1 is 0.885 bits per heavy atom. The number of hydrogen-bond acceptors (Lipinski definition) is 5. The first-order valence-corrected chi connectivity index (χ1v) is 9.30. The Morgan fingerprint density at radius 2 is 1.50 bits per heavy atom. The smallest absolute Gasteiger partial charge is 0.305 e. The molecule has 0 aliphatic heterocycles. The second-order valence-corrected chi connectivity index (χ2v) is 6.13. The Morgan fingerprint density at radius 3 is 2.12 bits per heavy atom. The van der Waals surface area contributed by atoms with Gasteiger partial charge in [-0.3, -0.25) is 4.79 Å². The molecule has 0 aliphatic rings. The first kappa shape index (κ1) is 24.3. The first-order chi connectivity index (χ1) is 12.5. The van der Waals surface area contributed by atoms with Gasteiger partial charge in [0.05, 0.1) is 25.4 Å². The van der Waals surface area contributed by atoms with Crippen molar-refractivity contribution in [1.29, 1.82) is 0 Å². The molecule has 0 spiro atoms. The Bertz CT molecular complexity index is 465. The molecule has 0 heterocycles. The lowest BCUT2D eigenvalue weighted by atomic mass is 10.1. The topological polar surface area (TPSA) is 87.0 Å². The van der Waals surface area contributed by atoms with E-state index in [2.05, 4.69) is 11.7 Å². The summed E-state index contributed by atoms with van der Waals surface area (Å²) in [7, 11) is 1.35. The van der Waals surface area contributed by atoms with Crippen LogP contribution in [0.25, 0.3) is 0 Å². The highest BCUT2D eigenvalue weighted by Crippen LogP contribution is 2.07. The van der Waals surface area contributed by atoms with Gasteiger partial charge < -0.3 is 20.1 Å². The van der Waals surface area contributed by atoms with Crippen LogP contribution in [-0.4, -0.2) is 46.7 Å². The molecule has 0 unspecified atom stereocenters. The second kappa shape index (κ2) is 16.8. The lowest BCUT2D eigenvalue weighted by Gasteiger charge is -2.13. The first-order valence-electron chi connectivity index (χ1n) is 9.30. The summed E-state index contributed by atoms with van der Waals surface area (Å²) in [5, 5.41) is 29.3. The molecule has 3 N–H and O–H groups in total. The van der Waals surface area contributed by atoms with Crippen LogP contribution < -0.4 is 0 Å². The summed E-state index contributed by atoms with van der Waals surface area (Å²) < 4.78 is 4.53. The van der Waals surface area contributed by atoms with Crippen molar-refractivity contribution < 1.29 is 24.9 Å². The SMILES string of the molecule is CCCCC[C@H](O)[C@H](O)C=CC=CC=CC=C[C@@H](O)CCCC(=O)OC. The molecular weight excluding hydrogens is 332 g/mol. The molecule has 0 fully saturated rings. The van der Waals surface area contributed by atoms with Crippen LogP contribution in [0.3, 0.4) is 0 Å². The molecule has 5 heteroatoms. The molecule has 0 aliphatic carbocycles. The van der Waals surface area contributed by atoms with Gasteiger partial charge in [0.15, 0.2) is 0 Å². The van der Waals surface area contributed by atoms with E-state index >= 15 is 0 Å². The van der Waals surface area contributed by atoms with Crippen molar-refractivity contribution in [3.63, 3.8) is 0 Å². The van der Waals surface area contributed by atoms with Gasteiger partial charge in [-0.2, -0.15) is 0 Å². The zero-order valence-electron chi connectivity index (χ0n) is 16.0. The Balaban J connectivity index is 3.96. The van der Waals surface area contributed by atoms with E-state index in [1.54, 1.807) is 48.6 Å².